The maximum Gasteiger partial charge on any atom is 0.219 e. The van der Waals surface area contributed by atoms with Crippen LogP contribution in [0.15, 0.2) is 0 Å². The van der Waals surface area contributed by atoms with Crippen molar-refractivity contribution in [2.45, 2.75) is 32.8 Å². The Bertz CT molecular complexity index is 99.8. The summed E-state index contributed by atoms with van der Waals surface area (Å²) in [6.07, 6.45) is 4.33. The number of thioether (sulfide) groups is 1. The number of thiocarbonyl (C=S) groups is 1. The van der Waals surface area contributed by atoms with Gasteiger partial charge in [0.2, 0.25) is 4.38 Å². The summed E-state index contributed by atoms with van der Waals surface area (Å²) >= 11 is 6.40. The normalized spacial score (nSPS) is 10.0. The highest BCUT2D eigenvalue weighted by Crippen LogP contribution is 2.08. The molecule has 0 N–H and O–H groups in total. The molecule has 0 amide bonds. The smallest absolute Gasteiger partial charge is 0.219 e. The second-order valence-electron chi connectivity index (χ2n) is 2.01. The van der Waals surface area contributed by atoms with Crippen LogP contribution in [-0.2, 0) is 4.74 Å². The standard InChI is InChI=1S/C7H14OS2/c1-4-6(5-2)8-7(9)10-3/h6H,4-5H2,1-3H3. The highest BCUT2D eigenvalue weighted by Gasteiger charge is 2.04. The van der Waals surface area contributed by atoms with Crippen LogP contribution in [0.1, 0.15) is 26.7 Å². The predicted molar refractivity (Wildman–Crippen MR) is 51.6 cm³/mol. The molecule has 0 aliphatic heterocycles. The molecular formula is C7H14OS2. The quantitative estimate of drug-likeness (QED) is 0.615. The minimum atomic E-state index is 0.319. The Hall–Kier alpha value is 0.240. The molecule has 3 heteroatoms. The van der Waals surface area contributed by atoms with E-state index in [9.17, 15) is 0 Å². The Kier molecular flexibility index (Phi) is 6.13. The summed E-state index contributed by atoms with van der Waals surface area (Å²) in [4.78, 5) is 0. The summed E-state index contributed by atoms with van der Waals surface area (Å²) in [5.74, 6) is 0. The summed E-state index contributed by atoms with van der Waals surface area (Å²) < 4.78 is 6.05. The summed E-state index contributed by atoms with van der Waals surface area (Å²) in [6, 6.07) is 0. The summed E-state index contributed by atoms with van der Waals surface area (Å²) in [6.45, 7) is 4.22. The lowest BCUT2D eigenvalue weighted by Gasteiger charge is -2.13. The third-order valence-electron chi connectivity index (χ3n) is 1.34. The van der Waals surface area contributed by atoms with Crippen LogP contribution in [0.3, 0.4) is 0 Å². The van der Waals surface area contributed by atoms with Gasteiger partial charge >= 0.3 is 0 Å². The van der Waals surface area contributed by atoms with E-state index in [4.69, 9.17) is 17.0 Å². The predicted octanol–water partition coefficient (Wildman–Crippen LogP) is 2.84. The van der Waals surface area contributed by atoms with E-state index < -0.39 is 0 Å². The van der Waals surface area contributed by atoms with E-state index in [0.29, 0.717) is 10.5 Å². The molecule has 0 saturated carbocycles. The van der Waals surface area contributed by atoms with Crippen molar-refractivity contribution in [2.24, 2.45) is 0 Å². The van der Waals surface area contributed by atoms with Gasteiger partial charge in [-0.1, -0.05) is 25.6 Å². The van der Waals surface area contributed by atoms with E-state index >= 15 is 0 Å². The van der Waals surface area contributed by atoms with Gasteiger partial charge in [-0.3, -0.25) is 0 Å². The molecule has 0 fully saturated rings. The molecule has 0 spiro atoms. The van der Waals surface area contributed by atoms with E-state index in [1.165, 1.54) is 11.8 Å². The molecule has 0 aliphatic carbocycles. The maximum atomic E-state index is 5.39. The molecule has 0 rings (SSSR count). The third-order valence-corrected chi connectivity index (χ3v) is 2.37. The summed E-state index contributed by atoms with van der Waals surface area (Å²) in [5, 5.41) is 0. The molecule has 10 heavy (non-hydrogen) atoms. The lowest BCUT2D eigenvalue weighted by atomic mass is 10.2. The monoisotopic (exact) mass is 178 g/mol. The van der Waals surface area contributed by atoms with Crippen molar-refractivity contribution < 1.29 is 4.74 Å². The van der Waals surface area contributed by atoms with Gasteiger partial charge in [0.25, 0.3) is 0 Å². The Balaban J connectivity index is 3.52. The van der Waals surface area contributed by atoms with E-state index in [-0.39, 0.29) is 0 Å². The molecule has 0 aliphatic rings. The van der Waals surface area contributed by atoms with Gasteiger partial charge in [-0.05, 0) is 31.3 Å². The van der Waals surface area contributed by atoms with Crippen LogP contribution in [0.4, 0.5) is 0 Å². The van der Waals surface area contributed by atoms with Crippen molar-refractivity contribution in [3.05, 3.63) is 0 Å². The fourth-order valence-corrected chi connectivity index (χ4v) is 1.01. The molecule has 0 saturated heterocycles. The second kappa shape index (κ2) is 5.98. The Morgan fingerprint density at radius 3 is 2.30 bits per heavy atom. The highest BCUT2D eigenvalue weighted by atomic mass is 32.2. The van der Waals surface area contributed by atoms with E-state index in [2.05, 4.69) is 13.8 Å². The molecule has 0 aromatic heterocycles. The molecule has 0 bridgehead atoms. The molecule has 0 radical (unpaired) electrons. The van der Waals surface area contributed by atoms with Gasteiger partial charge in [-0.2, -0.15) is 0 Å². The highest BCUT2D eigenvalue weighted by molar-refractivity contribution is 8.22. The second-order valence-corrected chi connectivity index (χ2v) is 3.42. The minimum absolute atomic E-state index is 0.319. The van der Waals surface area contributed by atoms with Crippen molar-refractivity contribution in [3.63, 3.8) is 0 Å². The molecule has 0 aromatic rings. The van der Waals surface area contributed by atoms with Gasteiger partial charge in [-0.25, -0.2) is 0 Å². The molecule has 0 unspecified atom stereocenters. The first kappa shape index (κ1) is 10.2. The summed E-state index contributed by atoms with van der Waals surface area (Å²) in [5.41, 5.74) is 0. The first-order valence-corrected chi connectivity index (χ1v) is 5.12. The van der Waals surface area contributed by atoms with E-state index in [1.54, 1.807) is 0 Å². The van der Waals surface area contributed by atoms with Crippen molar-refractivity contribution in [1.29, 1.82) is 0 Å². The van der Waals surface area contributed by atoms with Crippen molar-refractivity contribution in [1.82, 2.24) is 0 Å². The first-order valence-electron chi connectivity index (χ1n) is 3.49. The fraction of sp³-hybridized carbons (Fsp3) is 0.857. The lowest BCUT2D eigenvalue weighted by molar-refractivity contribution is 0.191. The zero-order valence-electron chi connectivity index (χ0n) is 6.72. The lowest BCUT2D eigenvalue weighted by Crippen LogP contribution is -2.12. The fourth-order valence-electron chi connectivity index (χ4n) is 0.640. The molecule has 1 nitrogen and oxygen atoms in total. The number of rotatable bonds is 3. The Morgan fingerprint density at radius 1 is 1.50 bits per heavy atom. The molecule has 0 atom stereocenters. The molecular weight excluding hydrogens is 164 g/mol. The van der Waals surface area contributed by atoms with Crippen LogP contribution < -0.4 is 0 Å². The van der Waals surface area contributed by atoms with Crippen LogP contribution in [0.5, 0.6) is 0 Å². The van der Waals surface area contributed by atoms with Gasteiger partial charge in [0.15, 0.2) is 0 Å². The number of hydrogen-bond acceptors (Lipinski definition) is 3. The number of hydrogen-bond donors (Lipinski definition) is 0. The van der Waals surface area contributed by atoms with E-state index in [1.807, 2.05) is 6.26 Å². The molecule has 0 aromatic carbocycles. The van der Waals surface area contributed by atoms with Crippen molar-refractivity contribution in [3.8, 4) is 0 Å². The van der Waals surface area contributed by atoms with Gasteiger partial charge in [0.05, 0.1) is 6.10 Å². The SMILES string of the molecule is CCC(CC)OC(=S)SC. The van der Waals surface area contributed by atoms with E-state index in [0.717, 1.165) is 12.8 Å². The van der Waals surface area contributed by atoms with Crippen LogP contribution in [0.2, 0.25) is 0 Å². The average Bonchev–Trinajstić information content (AvgIpc) is 1.99. The average molecular weight is 178 g/mol. The van der Waals surface area contributed by atoms with Gasteiger partial charge in [0.1, 0.15) is 0 Å². The third kappa shape index (κ3) is 4.12. The Labute approximate surface area is 72.5 Å². The van der Waals surface area contributed by atoms with Crippen LogP contribution in [-0.4, -0.2) is 16.7 Å². The summed E-state index contributed by atoms with van der Waals surface area (Å²) in [7, 11) is 0. The minimum Gasteiger partial charge on any atom is -0.475 e. The largest absolute Gasteiger partial charge is 0.475 e. The van der Waals surface area contributed by atoms with Gasteiger partial charge < -0.3 is 4.74 Å². The van der Waals surface area contributed by atoms with Gasteiger partial charge in [0, 0.05) is 0 Å². The topological polar surface area (TPSA) is 9.23 Å². The van der Waals surface area contributed by atoms with Crippen LogP contribution in [0, 0.1) is 0 Å². The first-order chi connectivity index (χ1) is 4.74. The van der Waals surface area contributed by atoms with Crippen LogP contribution >= 0.6 is 24.0 Å². The zero-order valence-corrected chi connectivity index (χ0v) is 8.35. The number of ether oxygens (including phenoxy) is 1. The Morgan fingerprint density at radius 2 is 2.00 bits per heavy atom. The van der Waals surface area contributed by atoms with Gasteiger partial charge in [-0.15, -0.1) is 0 Å². The molecule has 0 heterocycles. The van der Waals surface area contributed by atoms with Crippen LogP contribution in [0.25, 0.3) is 0 Å². The molecule has 60 valence electrons. The zero-order chi connectivity index (χ0) is 7.98. The van der Waals surface area contributed by atoms with Crippen molar-refractivity contribution >= 4 is 28.4 Å². The maximum absolute atomic E-state index is 5.39. The van der Waals surface area contributed by atoms with Crippen molar-refractivity contribution in [2.75, 3.05) is 6.26 Å².